The monoisotopic (exact) mass is 384 g/mol. The second-order valence-corrected chi connectivity index (χ2v) is 7.06. The summed E-state index contributed by atoms with van der Waals surface area (Å²) in [7, 11) is 0. The number of rotatable bonds is 5. The second-order valence-electron chi connectivity index (χ2n) is 7.06. The van der Waals surface area contributed by atoms with Crippen LogP contribution in [-0.4, -0.2) is 11.2 Å². The minimum absolute atomic E-state index is 0. The molecule has 0 aliphatic carbocycles. The number of benzene rings is 2. The number of ether oxygens (including phenoxy) is 1. The molecule has 3 nitrogen and oxygen atoms in total. The summed E-state index contributed by atoms with van der Waals surface area (Å²) in [5, 5.41) is 0. The van der Waals surface area contributed by atoms with Crippen molar-refractivity contribution >= 4 is 0 Å². The van der Waals surface area contributed by atoms with E-state index in [9.17, 15) is 0 Å². The zero-order chi connectivity index (χ0) is 18.8. The van der Waals surface area contributed by atoms with E-state index in [1.54, 1.807) is 0 Å². The van der Waals surface area contributed by atoms with Crippen molar-refractivity contribution in [2.75, 3.05) is 6.61 Å². The van der Waals surface area contributed by atoms with Crippen molar-refractivity contribution < 1.29 is 21.7 Å². The summed E-state index contributed by atoms with van der Waals surface area (Å²) in [6.45, 7) is 14.5. The van der Waals surface area contributed by atoms with E-state index < -0.39 is 0 Å². The molecule has 0 spiro atoms. The van der Waals surface area contributed by atoms with Gasteiger partial charge in [-0.15, -0.1) is 0 Å². The molecule has 2 aromatic carbocycles. The third kappa shape index (κ3) is 4.19. The van der Waals surface area contributed by atoms with Crippen LogP contribution in [0.3, 0.4) is 0 Å². The number of halogens is 1. The number of nitrogens with zero attached hydrogens (tertiary/aromatic N) is 2. The third-order valence-electron chi connectivity index (χ3n) is 5.16. The summed E-state index contributed by atoms with van der Waals surface area (Å²) in [6, 6.07) is 12.8. The van der Waals surface area contributed by atoms with Crippen LogP contribution in [0.25, 0.3) is 5.69 Å². The highest BCUT2D eigenvalue weighted by Gasteiger charge is 2.21. The molecule has 0 fully saturated rings. The Labute approximate surface area is 169 Å². The average Bonchev–Trinajstić information content (AvgIpc) is 2.87. The Balaban J connectivity index is 0.00000261. The number of hydrogen-bond donors (Lipinski definition) is 0. The van der Waals surface area contributed by atoms with Crippen LogP contribution in [0.5, 0.6) is 5.75 Å². The SMILES string of the molecule is CCOc1ccccc1-n1c[n+](Cc2c(C)cc(C)cc2C)c(C)c1C.[Cl-]. The Kier molecular flexibility index (Phi) is 6.72. The molecule has 0 N–H and O–H groups in total. The first-order valence-electron chi connectivity index (χ1n) is 9.29. The van der Waals surface area contributed by atoms with Crippen LogP contribution in [0, 0.1) is 34.6 Å². The molecule has 4 heteroatoms. The van der Waals surface area contributed by atoms with Crippen LogP contribution < -0.4 is 21.7 Å². The molecule has 0 atom stereocenters. The largest absolute Gasteiger partial charge is 1.00 e. The van der Waals surface area contributed by atoms with Crippen molar-refractivity contribution in [2.45, 2.75) is 48.1 Å². The summed E-state index contributed by atoms with van der Waals surface area (Å²) in [5.74, 6) is 0.919. The van der Waals surface area contributed by atoms with Crippen LogP contribution in [0.4, 0.5) is 0 Å². The molecule has 0 saturated carbocycles. The van der Waals surface area contributed by atoms with Gasteiger partial charge >= 0.3 is 0 Å². The fraction of sp³-hybridized carbons (Fsp3) is 0.348. The molecule has 3 rings (SSSR count). The molecule has 0 amide bonds. The summed E-state index contributed by atoms with van der Waals surface area (Å²) in [4.78, 5) is 0. The lowest BCUT2D eigenvalue weighted by atomic mass is 10.00. The summed E-state index contributed by atoms with van der Waals surface area (Å²) >= 11 is 0. The Hall–Kier alpha value is -2.26. The molecule has 1 aromatic heterocycles. The van der Waals surface area contributed by atoms with Gasteiger partial charge < -0.3 is 17.1 Å². The van der Waals surface area contributed by atoms with Crippen LogP contribution in [-0.2, 0) is 6.54 Å². The lowest BCUT2D eigenvalue weighted by Gasteiger charge is -2.10. The first kappa shape index (κ1) is 21.0. The van der Waals surface area contributed by atoms with Gasteiger partial charge in [0.25, 0.3) is 0 Å². The second kappa shape index (κ2) is 8.62. The summed E-state index contributed by atoms with van der Waals surface area (Å²) in [6.07, 6.45) is 2.20. The third-order valence-corrected chi connectivity index (χ3v) is 5.16. The van der Waals surface area contributed by atoms with Gasteiger partial charge in [0, 0.05) is 13.8 Å². The van der Waals surface area contributed by atoms with Crippen LogP contribution >= 0.6 is 0 Å². The summed E-state index contributed by atoms with van der Waals surface area (Å²) < 4.78 is 10.4. The molecule has 0 unspecified atom stereocenters. The normalized spacial score (nSPS) is 10.6. The molecule has 0 radical (unpaired) electrons. The van der Waals surface area contributed by atoms with Gasteiger partial charge in [-0.3, -0.25) is 0 Å². The Morgan fingerprint density at radius 1 is 0.963 bits per heavy atom. The zero-order valence-corrected chi connectivity index (χ0v) is 17.9. The fourth-order valence-corrected chi connectivity index (χ4v) is 3.66. The van der Waals surface area contributed by atoms with E-state index in [-0.39, 0.29) is 12.4 Å². The Morgan fingerprint density at radius 3 is 2.22 bits per heavy atom. The fourth-order valence-electron chi connectivity index (χ4n) is 3.66. The van der Waals surface area contributed by atoms with Crippen LogP contribution in [0.15, 0.2) is 42.7 Å². The predicted molar refractivity (Wildman–Crippen MR) is 106 cm³/mol. The van der Waals surface area contributed by atoms with Gasteiger partial charge in [0.05, 0.1) is 6.61 Å². The smallest absolute Gasteiger partial charge is 0.249 e. The van der Waals surface area contributed by atoms with E-state index in [0.29, 0.717) is 6.61 Å². The molecular formula is C23H29ClN2O. The predicted octanol–water partition coefficient (Wildman–Crippen LogP) is 1.76. The molecule has 0 bridgehead atoms. The standard InChI is InChI=1S/C23H29N2O.ClH/c1-7-26-23-11-9-8-10-22(23)25-15-24(19(5)20(25)6)14-21-17(3)12-16(2)13-18(21)4;/h8-13,15H,7,14H2,1-6H3;1H/q+1;/p-1. The first-order chi connectivity index (χ1) is 12.4. The van der Waals surface area contributed by atoms with Crippen molar-refractivity contribution in [3.05, 3.63) is 76.4 Å². The van der Waals surface area contributed by atoms with E-state index >= 15 is 0 Å². The van der Waals surface area contributed by atoms with Gasteiger partial charge in [0.1, 0.15) is 17.9 Å². The van der Waals surface area contributed by atoms with E-state index in [4.69, 9.17) is 4.74 Å². The van der Waals surface area contributed by atoms with Crippen molar-refractivity contribution in [1.29, 1.82) is 0 Å². The molecule has 3 aromatic rings. The number of aromatic nitrogens is 2. The minimum atomic E-state index is 0. The maximum atomic E-state index is 5.84. The minimum Gasteiger partial charge on any atom is -1.00 e. The highest BCUT2D eigenvalue weighted by atomic mass is 35.5. The van der Waals surface area contributed by atoms with Crippen LogP contribution in [0.1, 0.15) is 40.6 Å². The van der Waals surface area contributed by atoms with Gasteiger partial charge in [-0.2, -0.15) is 4.57 Å². The van der Waals surface area contributed by atoms with E-state index in [2.05, 4.69) is 74.3 Å². The first-order valence-corrected chi connectivity index (χ1v) is 9.29. The highest BCUT2D eigenvalue weighted by molar-refractivity contribution is 5.47. The van der Waals surface area contributed by atoms with E-state index in [1.165, 1.54) is 33.6 Å². The highest BCUT2D eigenvalue weighted by Crippen LogP contribution is 2.25. The molecule has 1 heterocycles. The molecule has 0 aliphatic heterocycles. The lowest BCUT2D eigenvalue weighted by molar-refractivity contribution is -0.693. The Bertz CT molecular complexity index is 921. The zero-order valence-electron chi connectivity index (χ0n) is 17.1. The maximum Gasteiger partial charge on any atom is 0.249 e. The molecular weight excluding hydrogens is 356 g/mol. The van der Waals surface area contributed by atoms with E-state index in [1.807, 2.05) is 19.1 Å². The maximum absolute atomic E-state index is 5.84. The number of imidazole rings is 1. The van der Waals surface area contributed by atoms with Crippen LogP contribution in [0.2, 0.25) is 0 Å². The summed E-state index contributed by atoms with van der Waals surface area (Å²) in [5.41, 5.74) is 9.04. The topological polar surface area (TPSA) is 18.0 Å². The number of aryl methyl sites for hydroxylation is 3. The van der Waals surface area contributed by atoms with Gasteiger partial charge in [0.15, 0.2) is 11.4 Å². The number of hydrogen-bond acceptors (Lipinski definition) is 1. The van der Waals surface area contributed by atoms with Crippen molar-refractivity contribution in [1.82, 2.24) is 4.57 Å². The van der Waals surface area contributed by atoms with Gasteiger partial charge in [-0.1, -0.05) is 29.8 Å². The van der Waals surface area contributed by atoms with Gasteiger partial charge in [-0.25, -0.2) is 4.57 Å². The van der Waals surface area contributed by atoms with Gasteiger partial charge in [0.2, 0.25) is 6.33 Å². The van der Waals surface area contributed by atoms with Crippen molar-refractivity contribution in [3.63, 3.8) is 0 Å². The van der Waals surface area contributed by atoms with Crippen molar-refractivity contribution in [2.24, 2.45) is 0 Å². The molecule has 0 aliphatic rings. The van der Waals surface area contributed by atoms with Gasteiger partial charge in [-0.05, 0) is 56.5 Å². The number of para-hydroxylation sites is 2. The molecule has 144 valence electrons. The van der Waals surface area contributed by atoms with Crippen molar-refractivity contribution in [3.8, 4) is 11.4 Å². The van der Waals surface area contributed by atoms with E-state index in [0.717, 1.165) is 18.0 Å². The lowest BCUT2D eigenvalue weighted by Crippen LogP contribution is -3.00. The quantitative estimate of drug-likeness (QED) is 0.613. The molecule has 0 saturated heterocycles. The average molecular weight is 385 g/mol. The Morgan fingerprint density at radius 2 is 1.59 bits per heavy atom. The molecule has 27 heavy (non-hydrogen) atoms.